The lowest BCUT2D eigenvalue weighted by atomic mass is 10.1. The number of thioether (sulfide) groups is 1. The number of rotatable bonds is 9. The normalized spacial score (nSPS) is 12.2. The summed E-state index contributed by atoms with van der Waals surface area (Å²) in [5.74, 6) is 1.63. The minimum absolute atomic E-state index is 0.0493. The monoisotopic (exact) mass is 456 g/mol. The van der Waals surface area contributed by atoms with Crippen molar-refractivity contribution in [3.63, 3.8) is 0 Å². The highest BCUT2D eigenvalue weighted by molar-refractivity contribution is 7.99. The summed E-state index contributed by atoms with van der Waals surface area (Å²) >= 11 is 1.58. The van der Waals surface area contributed by atoms with Gasteiger partial charge in [0.05, 0.1) is 12.9 Å². The fraction of sp³-hybridized carbons (Fsp3) is 0.462. The molecule has 1 N–H and O–H groups in total. The van der Waals surface area contributed by atoms with Crippen LogP contribution in [0.4, 0.5) is 0 Å². The van der Waals surface area contributed by atoms with Crippen LogP contribution in [-0.4, -0.2) is 41.2 Å². The number of hydrogen-bond donors (Lipinski definition) is 1. The number of hydrogen-bond acceptors (Lipinski definition) is 4. The van der Waals surface area contributed by atoms with Crippen LogP contribution >= 0.6 is 11.8 Å². The molecular weight excluding hydrogens is 420 g/mol. The number of amides is 2. The van der Waals surface area contributed by atoms with Crippen molar-refractivity contribution in [3.05, 3.63) is 64.7 Å². The van der Waals surface area contributed by atoms with Crippen LogP contribution in [-0.2, 0) is 21.9 Å². The minimum atomic E-state index is -0.578. The lowest BCUT2D eigenvalue weighted by molar-refractivity contribution is -0.139. The SMILES string of the molecule is COc1ccc(CN(C(=O)CSCc2cc(C)cc(C)c2)[C@H](C)C(=O)NC(C)(C)C)cc1. The second kappa shape index (κ2) is 11.4. The van der Waals surface area contributed by atoms with Crippen LogP contribution in [0, 0.1) is 13.8 Å². The van der Waals surface area contributed by atoms with E-state index >= 15 is 0 Å². The highest BCUT2D eigenvalue weighted by atomic mass is 32.2. The second-order valence-corrected chi connectivity index (χ2v) is 10.3. The quantitative estimate of drug-likeness (QED) is 0.584. The first kappa shape index (κ1) is 25.8. The average Bonchev–Trinajstić information content (AvgIpc) is 2.70. The molecule has 0 saturated carbocycles. The first-order valence-electron chi connectivity index (χ1n) is 10.9. The number of ether oxygens (including phenoxy) is 1. The Hall–Kier alpha value is -2.47. The van der Waals surface area contributed by atoms with Crippen molar-refractivity contribution < 1.29 is 14.3 Å². The third-order valence-corrected chi connectivity index (χ3v) is 5.94. The summed E-state index contributed by atoms with van der Waals surface area (Å²) in [4.78, 5) is 27.7. The molecular formula is C26H36N2O3S. The first-order chi connectivity index (χ1) is 15.0. The first-order valence-corrected chi connectivity index (χ1v) is 12.0. The molecule has 6 heteroatoms. The van der Waals surface area contributed by atoms with Crippen molar-refractivity contribution in [2.45, 2.75) is 65.4 Å². The van der Waals surface area contributed by atoms with Gasteiger partial charge >= 0.3 is 0 Å². The molecule has 0 unspecified atom stereocenters. The molecule has 0 aromatic heterocycles. The molecule has 32 heavy (non-hydrogen) atoms. The van der Waals surface area contributed by atoms with E-state index in [1.54, 1.807) is 30.7 Å². The summed E-state index contributed by atoms with van der Waals surface area (Å²) in [5.41, 5.74) is 4.24. The van der Waals surface area contributed by atoms with Gasteiger partial charge in [0, 0.05) is 17.8 Å². The van der Waals surface area contributed by atoms with Crippen LogP contribution in [0.2, 0.25) is 0 Å². The van der Waals surface area contributed by atoms with Crippen LogP contribution in [0.15, 0.2) is 42.5 Å². The summed E-state index contributed by atoms with van der Waals surface area (Å²) < 4.78 is 5.23. The van der Waals surface area contributed by atoms with Crippen molar-refractivity contribution >= 4 is 23.6 Å². The third-order valence-electron chi connectivity index (χ3n) is 4.95. The number of methoxy groups -OCH3 is 1. The van der Waals surface area contributed by atoms with Crippen molar-refractivity contribution in [2.24, 2.45) is 0 Å². The van der Waals surface area contributed by atoms with Gasteiger partial charge in [-0.25, -0.2) is 0 Å². The Kier molecular flexibility index (Phi) is 9.20. The molecule has 0 radical (unpaired) electrons. The Morgan fingerprint density at radius 3 is 2.16 bits per heavy atom. The van der Waals surface area contributed by atoms with E-state index in [2.05, 4.69) is 37.4 Å². The van der Waals surface area contributed by atoms with Crippen molar-refractivity contribution in [1.82, 2.24) is 10.2 Å². The summed E-state index contributed by atoms with van der Waals surface area (Å²) in [6.45, 7) is 12.1. The van der Waals surface area contributed by atoms with E-state index in [0.717, 1.165) is 17.1 Å². The zero-order valence-electron chi connectivity index (χ0n) is 20.3. The molecule has 5 nitrogen and oxygen atoms in total. The highest BCUT2D eigenvalue weighted by Crippen LogP contribution is 2.19. The lowest BCUT2D eigenvalue weighted by Crippen LogP contribution is -2.52. The van der Waals surface area contributed by atoms with Gasteiger partial charge in [0.15, 0.2) is 0 Å². The lowest BCUT2D eigenvalue weighted by Gasteiger charge is -2.31. The number of nitrogens with zero attached hydrogens (tertiary/aromatic N) is 1. The number of aryl methyl sites for hydroxylation is 2. The van der Waals surface area contributed by atoms with Crippen molar-refractivity contribution in [2.75, 3.05) is 12.9 Å². The fourth-order valence-electron chi connectivity index (χ4n) is 3.48. The van der Waals surface area contributed by atoms with Gasteiger partial charge in [0.25, 0.3) is 0 Å². The van der Waals surface area contributed by atoms with Gasteiger partial charge in [0.2, 0.25) is 11.8 Å². The zero-order valence-corrected chi connectivity index (χ0v) is 21.1. The molecule has 174 valence electrons. The predicted octanol–water partition coefficient (Wildman–Crippen LogP) is 4.88. The molecule has 0 saturated heterocycles. The molecule has 0 aliphatic carbocycles. The van der Waals surface area contributed by atoms with Crippen molar-refractivity contribution in [3.8, 4) is 5.75 Å². The molecule has 2 aromatic carbocycles. The van der Waals surface area contributed by atoms with E-state index in [4.69, 9.17) is 4.74 Å². The molecule has 1 atom stereocenters. The van der Waals surface area contributed by atoms with E-state index in [9.17, 15) is 9.59 Å². The highest BCUT2D eigenvalue weighted by Gasteiger charge is 2.28. The number of nitrogens with one attached hydrogen (secondary N) is 1. The van der Waals surface area contributed by atoms with Gasteiger partial charge in [-0.15, -0.1) is 11.8 Å². The Labute approximate surface area is 196 Å². The average molecular weight is 457 g/mol. The molecule has 0 bridgehead atoms. The number of carbonyl (C=O) groups is 2. The molecule has 0 heterocycles. The summed E-state index contributed by atoms with van der Waals surface area (Å²) in [6.07, 6.45) is 0. The fourth-order valence-corrected chi connectivity index (χ4v) is 4.32. The van der Waals surface area contributed by atoms with Gasteiger partial charge < -0.3 is 15.0 Å². The summed E-state index contributed by atoms with van der Waals surface area (Å²) in [5, 5.41) is 2.99. The maximum Gasteiger partial charge on any atom is 0.242 e. The molecule has 0 aliphatic rings. The van der Waals surface area contributed by atoms with Crippen molar-refractivity contribution in [1.29, 1.82) is 0 Å². The van der Waals surface area contributed by atoms with Gasteiger partial charge in [-0.05, 0) is 64.8 Å². The Balaban J connectivity index is 2.11. The maximum atomic E-state index is 13.2. The third kappa shape index (κ3) is 8.23. The van der Waals surface area contributed by atoms with E-state index in [1.165, 1.54) is 16.7 Å². The molecule has 2 rings (SSSR count). The number of benzene rings is 2. The van der Waals surface area contributed by atoms with E-state index < -0.39 is 6.04 Å². The van der Waals surface area contributed by atoms with E-state index in [0.29, 0.717) is 12.3 Å². The van der Waals surface area contributed by atoms with Crippen LogP contribution < -0.4 is 10.1 Å². The summed E-state index contributed by atoms with van der Waals surface area (Å²) in [6, 6.07) is 13.5. The van der Waals surface area contributed by atoms with Gasteiger partial charge in [0.1, 0.15) is 11.8 Å². The Morgan fingerprint density at radius 1 is 1.03 bits per heavy atom. The molecule has 0 aliphatic heterocycles. The van der Waals surface area contributed by atoms with Crippen LogP contribution in [0.1, 0.15) is 49.9 Å². The van der Waals surface area contributed by atoms with Crippen LogP contribution in [0.5, 0.6) is 5.75 Å². The molecule has 0 fully saturated rings. The largest absolute Gasteiger partial charge is 0.497 e. The molecule has 2 aromatic rings. The Bertz CT molecular complexity index is 899. The van der Waals surface area contributed by atoms with Gasteiger partial charge in [-0.1, -0.05) is 41.5 Å². The topological polar surface area (TPSA) is 58.6 Å². The zero-order chi connectivity index (χ0) is 23.9. The smallest absolute Gasteiger partial charge is 0.242 e. The number of carbonyl (C=O) groups excluding carboxylic acids is 2. The maximum absolute atomic E-state index is 13.2. The van der Waals surface area contributed by atoms with E-state index in [1.807, 2.05) is 45.0 Å². The van der Waals surface area contributed by atoms with Gasteiger partial charge in [-0.2, -0.15) is 0 Å². The van der Waals surface area contributed by atoms with Crippen LogP contribution in [0.25, 0.3) is 0 Å². The van der Waals surface area contributed by atoms with E-state index in [-0.39, 0.29) is 17.4 Å². The molecule has 2 amide bonds. The Morgan fingerprint density at radius 2 is 1.62 bits per heavy atom. The predicted molar refractivity (Wildman–Crippen MR) is 133 cm³/mol. The summed E-state index contributed by atoms with van der Waals surface area (Å²) in [7, 11) is 1.62. The van der Waals surface area contributed by atoms with Gasteiger partial charge in [-0.3, -0.25) is 9.59 Å². The molecule has 0 spiro atoms. The standard InChI is InChI=1S/C26H36N2O3S/c1-18-12-19(2)14-22(13-18)16-32-17-24(29)28(20(3)25(30)27-26(4,5)6)15-21-8-10-23(31-7)11-9-21/h8-14,20H,15-17H2,1-7H3,(H,27,30)/t20-/m1/s1. The second-order valence-electron chi connectivity index (χ2n) is 9.27. The van der Waals surface area contributed by atoms with Crippen LogP contribution in [0.3, 0.4) is 0 Å². The minimum Gasteiger partial charge on any atom is -0.497 e.